The van der Waals surface area contributed by atoms with Gasteiger partial charge in [-0.15, -0.1) is 0 Å². The molecule has 0 radical (unpaired) electrons. The minimum Gasteiger partial charge on any atom is -0.389 e. The predicted octanol–water partition coefficient (Wildman–Crippen LogP) is 1.84. The van der Waals surface area contributed by atoms with E-state index >= 15 is 0 Å². The van der Waals surface area contributed by atoms with Crippen LogP contribution in [-0.4, -0.2) is 31.4 Å². The summed E-state index contributed by atoms with van der Waals surface area (Å²) in [5, 5.41) is 10.3. The molecule has 20 heavy (non-hydrogen) atoms. The van der Waals surface area contributed by atoms with E-state index in [2.05, 4.69) is 4.72 Å². The van der Waals surface area contributed by atoms with E-state index in [1.165, 1.54) is 0 Å². The molecule has 1 saturated carbocycles. The minimum absolute atomic E-state index is 0.0626. The number of sulfonamides is 1. The number of hydrogen-bond acceptors (Lipinski definition) is 3. The van der Waals surface area contributed by atoms with Crippen LogP contribution in [-0.2, 0) is 16.4 Å². The predicted molar refractivity (Wildman–Crippen MR) is 80.0 cm³/mol. The maximum absolute atomic E-state index is 12.0. The second-order valence-electron chi connectivity index (χ2n) is 5.66. The standard InChI is InChI=1S/C15H23NO3S/c17-15(10-5-2-6-11-15)13-16-20(18,19)12-9-14-7-3-1-4-8-14/h1,3-4,7-8,16-17H,2,5-6,9-13H2. The zero-order valence-corrected chi connectivity index (χ0v) is 12.5. The molecule has 112 valence electrons. The highest BCUT2D eigenvalue weighted by Gasteiger charge is 2.30. The highest BCUT2D eigenvalue weighted by atomic mass is 32.2. The molecule has 2 N–H and O–H groups in total. The third-order valence-electron chi connectivity index (χ3n) is 3.91. The molecule has 0 saturated heterocycles. The first-order valence-electron chi connectivity index (χ1n) is 7.23. The van der Waals surface area contributed by atoms with E-state index in [0.29, 0.717) is 19.3 Å². The molecule has 0 amide bonds. The fourth-order valence-corrected chi connectivity index (χ4v) is 3.74. The Hall–Kier alpha value is -0.910. The molecule has 1 aliphatic carbocycles. The van der Waals surface area contributed by atoms with Crippen molar-refractivity contribution in [2.45, 2.75) is 44.1 Å². The van der Waals surface area contributed by atoms with Gasteiger partial charge >= 0.3 is 0 Å². The van der Waals surface area contributed by atoms with Crippen molar-refractivity contribution in [2.75, 3.05) is 12.3 Å². The molecule has 1 fully saturated rings. The molecule has 0 aliphatic heterocycles. The van der Waals surface area contributed by atoms with E-state index in [9.17, 15) is 13.5 Å². The number of rotatable bonds is 6. The first-order chi connectivity index (χ1) is 9.49. The van der Waals surface area contributed by atoms with Crippen LogP contribution in [0.5, 0.6) is 0 Å². The van der Waals surface area contributed by atoms with Gasteiger partial charge in [-0.2, -0.15) is 0 Å². The molecule has 5 heteroatoms. The van der Waals surface area contributed by atoms with Crippen LogP contribution in [0.3, 0.4) is 0 Å². The number of benzene rings is 1. The molecule has 0 spiro atoms. The third kappa shape index (κ3) is 4.89. The van der Waals surface area contributed by atoms with Crippen molar-refractivity contribution in [3.8, 4) is 0 Å². The van der Waals surface area contributed by atoms with E-state index in [4.69, 9.17) is 0 Å². The van der Waals surface area contributed by atoms with Gasteiger partial charge in [-0.05, 0) is 24.8 Å². The van der Waals surface area contributed by atoms with Gasteiger partial charge in [0.25, 0.3) is 0 Å². The molecule has 1 aromatic carbocycles. The van der Waals surface area contributed by atoms with Crippen LogP contribution in [0, 0.1) is 0 Å². The first-order valence-corrected chi connectivity index (χ1v) is 8.88. The van der Waals surface area contributed by atoms with Gasteiger partial charge in [-0.3, -0.25) is 0 Å². The van der Waals surface area contributed by atoms with E-state index < -0.39 is 15.6 Å². The van der Waals surface area contributed by atoms with E-state index in [0.717, 1.165) is 24.8 Å². The molecule has 0 aromatic heterocycles. The van der Waals surface area contributed by atoms with Crippen LogP contribution < -0.4 is 4.72 Å². The summed E-state index contributed by atoms with van der Waals surface area (Å²) in [5.74, 6) is 0.0626. The van der Waals surface area contributed by atoms with Crippen molar-refractivity contribution < 1.29 is 13.5 Å². The summed E-state index contributed by atoms with van der Waals surface area (Å²) in [6.45, 7) is 0.143. The summed E-state index contributed by atoms with van der Waals surface area (Å²) in [4.78, 5) is 0. The lowest BCUT2D eigenvalue weighted by Gasteiger charge is -2.32. The summed E-state index contributed by atoms with van der Waals surface area (Å²) in [6, 6.07) is 9.56. The summed E-state index contributed by atoms with van der Waals surface area (Å²) in [7, 11) is -3.33. The Kier molecular flexibility index (Phi) is 5.18. The van der Waals surface area contributed by atoms with Crippen molar-refractivity contribution in [2.24, 2.45) is 0 Å². The molecular weight excluding hydrogens is 274 g/mol. The largest absolute Gasteiger partial charge is 0.389 e. The lowest BCUT2D eigenvalue weighted by atomic mass is 9.85. The summed E-state index contributed by atoms with van der Waals surface area (Å²) >= 11 is 0. The van der Waals surface area contributed by atoms with Crippen molar-refractivity contribution in [1.29, 1.82) is 0 Å². The molecule has 0 heterocycles. The Morgan fingerprint density at radius 3 is 2.40 bits per heavy atom. The quantitative estimate of drug-likeness (QED) is 0.842. The van der Waals surface area contributed by atoms with Crippen molar-refractivity contribution in [3.63, 3.8) is 0 Å². The lowest BCUT2D eigenvalue weighted by molar-refractivity contribution is 0.00946. The zero-order chi connectivity index (χ0) is 14.5. The van der Waals surface area contributed by atoms with Crippen LogP contribution in [0.1, 0.15) is 37.7 Å². The lowest BCUT2D eigenvalue weighted by Crippen LogP contribution is -2.44. The SMILES string of the molecule is O=S(=O)(CCc1ccccc1)NCC1(O)CCCCC1. The Bertz CT molecular complexity index is 507. The number of aliphatic hydroxyl groups is 1. The fraction of sp³-hybridized carbons (Fsp3) is 0.600. The maximum atomic E-state index is 12.0. The molecule has 1 aromatic rings. The Labute approximate surface area is 121 Å². The van der Waals surface area contributed by atoms with Crippen LogP contribution in [0.25, 0.3) is 0 Å². The summed E-state index contributed by atoms with van der Waals surface area (Å²) in [6.07, 6.45) is 4.95. The molecule has 4 nitrogen and oxygen atoms in total. The van der Waals surface area contributed by atoms with Gasteiger partial charge in [0.05, 0.1) is 11.4 Å². The monoisotopic (exact) mass is 297 g/mol. The van der Waals surface area contributed by atoms with Crippen LogP contribution >= 0.6 is 0 Å². The highest BCUT2D eigenvalue weighted by Crippen LogP contribution is 2.27. The van der Waals surface area contributed by atoms with E-state index in [1.807, 2.05) is 30.3 Å². The number of aryl methyl sites for hydroxylation is 1. The molecule has 0 bridgehead atoms. The van der Waals surface area contributed by atoms with Crippen molar-refractivity contribution in [1.82, 2.24) is 4.72 Å². The molecular formula is C15H23NO3S. The van der Waals surface area contributed by atoms with E-state index in [1.54, 1.807) is 0 Å². The molecule has 2 rings (SSSR count). The van der Waals surface area contributed by atoms with Crippen LogP contribution in [0.4, 0.5) is 0 Å². The molecule has 0 unspecified atom stereocenters. The van der Waals surface area contributed by atoms with E-state index in [-0.39, 0.29) is 12.3 Å². The number of nitrogens with one attached hydrogen (secondary N) is 1. The average Bonchev–Trinajstić information content (AvgIpc) is 2.46. The van der Waals surface area contributed by atoms with Gasteiger partial charge in [0.1, 0.15) is 0 Å². The molecule has 1 aliphatic rings. The smallest absolute Gasteiger partial charge is 0.212 e. The maximum Gasteiger partial charge on any atom is 0.212 e. The van der Waals surface area contributed by atoms with Gasteiger partial charge in [0, 0.05) is 6.54 Å². The van der Waals surface area contributed by atoms with Crippen LogP contribution in [0.2, 0.25) is 0 Å². The second kappa shape index (κ2) is 6.70. The normalized spacial score (nSPS) is 18.9. The first kappa shape index (κ1) is 15.5. The van der Waals surface area contributed by atoms with Gasteiger partial charge in [0.15, 0.2) is 0 Å². The Morgan fingerprint density at radius 1 is 1.10 bits per heavy atom. The van der Waals surface area contributed by atoms with Gasteiger partial charge in [0.2, 0.25) is 10.0 Å². The van der Waals surface area contributed by atoms with Crippen molar-refractivity contribution in [3.05, 3.63) is 35.9 Å². The topological polar surface area (TPSA) is 66.4 Å². The van der Waals surface area contributed by atoms with Gasteiger partial charge in [-0.25, -0.2) is 13.1 Å². The zero-order valence-electron chi connectivity index (χ0n) is 11.7. The highest BCUT2D eigenvalue weighted by molar-refractivity contribution is 7.89. The van der Waals surface area contributed by atoms with Gasteiger partial charge < -0.3 is 5.11 Å². The molecule has 0 atom stereocenters. The fourth-order valence-electron chi connectivity index (χ4n) is 2.60. The number of hydrogen-bond donors (Lipinski definition) is 2. The van der Waals surface area contributed by atoms with Crippen LogP contribution in [0.15, 0.2) is 30.3 Å². The third-order valence-corrected chi connectivity index (χ3v) is 5.23. The van der Waals surface area contributed by atoms with Gasteiger partial charge in [-0.1, -0.05) is 49.6 Å². The average molecular weight is 297 g/mol. The Morgan fingerprint density at radius 2 is 1.75 bits per heavy atom. The summed E-state index contributed by atoms with van der Waals surface area (Å²) in [5.41, 5.74) is 0.159. The summed E-state index contributed by atoms with van der Waals surface area (Å²) < 4.78 is 26.5. The minimum atomic E-state index is -3.33. The Balaban J connectivity index is 1.82. The van der Waals surface area contributed by atoms with Crippen molar-refractivity contribution >= 4 is 10.0 Å². The second-order valence-corrected chi connectivity index (χ2v) is 7.59.